The van der Waals surface area contributed by atoms with Crippen molar-refractivity contribution < 1.29 is 17.9 Å². The highest BCUT2D eigenvalue weighted by Crippen LogP contribution is 2.31. The molecule has 0 bridgehead atoms. The number of pyridine rings is 1. The van der Waals surface area contributed by atoms with Crippen molar-refractivity contribution in [2.45, 2.75) is 36.6 Å². The van der Waals surface area contributed by atoms with Crippen LogP contribution in [0.15, 0.2) is 47.6 Å². The van der Waals surface area contributed by atoms with Crippen molar-refractivity contribution in [1.82, 2.24) is 9.88 Å². The number of ether oxygens (including phenoxy) is 1. The van der Waals surface area contributed by atoms with E-state index in [0.29, 0.717) is 23.6 Å². The summed E-state index contributed by atoms with van der Waals surface area (Å²) in [6.07, 6.45) is 6.70. The van der Waals surface area contributed by atoms with Crippen LogP contribution in [-0.4, -0.2) is 43.4 Å². The van der Waals surface area contributed by atoms with E-state index in [1.807, 2.05) is 4.90 Å². The number of benzene rings is 1. The van der Waals surface area contributed by atoms with E-state index in [1.165, 1.54) is 18.5 Å². The molecule has 27 heavy (non-hydrogen) atoms. The van der Waals surface area contributed by atoms with Crippen LogP contribution in [0.2, 0.25) is 0 Å². The topological polar surface area (TPSA) is 88.6 Å². The van der Waals surface area contributed by atoms with Crippen molar-refractivity contribution in [2.24, 2.45) is 0 Å². The first-order chi connectivity index (χ1) is 13.0. The number of aromatic nitrogens is 1. The molecule has 0 spiro atoms. The summed E-state index contributed by atoms with van der Waals surface area (Å²) < 4.78 is 33.4. The molecule has 3 heterocycles. The van der Waals surface area contributed by atoms with Gasteiger partial charge in [0.15, 0.2) is 0 Å². The van der Waals surface area contributed by atoms with Crippen molar-refractivity contribution in [2.75, 3.05) is 17.9 Å². The lowest BCUT2D eigenvalue weighted by Gasteiger charge is -2.37. The average Bonchev–Trinajstić information content (AvgIpc) is 2.68. The van der Waals surface area contributed by atoms with Crippen molar-refractivity contribution >= 4 is 21.6 Å². The molecule has 1 aromatic heterocycles. The van der Waals surface area contributed by atoms with Gasteiger partial charge in [-0.1, -0.05) is 0 Å². The third-order valence-electron chi connectivity index (χ3n) is 5.00. The quantitative estimate of drug-likeness (QED) is 0.875. The largest absolute Gasteiger partial charge is 0.493 e. The molecule has 0 saturated carbocycles. The molecule has 1 fully saturated rings. The summed E-state index contributed by atoms with van der Waals surface area (Å²) in [6.45, 7) is 1.27. The summed E-state index contributed by atoms with van der Waals surface area (Å²) in [6, 6.07) is 8.03. The fraction of sp³-hybridized carbons (Fsp3) is 0.368. The molecule has 1 atom stereocenters. The number of piperidine rings is 1. The lowest BCUT2D eigenvalue weighted by molar-refractivity contribution is 0.0548. The number of sulfonamides is 1. The van der Waals surface area contributed by atoms with Gasteiger partial charge in [0.05, 0.1) is 12.2 Å². The fourth-order valence-electron chi connectivity index (χ4n) is 3.63. The number of anilines is 1. The van der Waals surface area contributed by atoms with Crippen LogP contribution in [0.25, 0.3) is 0 Å². The third-order valence-corrected chi connectivity index (χ3v) is 6.37. The van der Waals surface area contributed by atoms with Crippen LogP contribution in [0.1, 0.15) is 36.0 Å². The van der Waals surface area contributed by atoms with Crippen molar-refractivity contribution in [3.63, 3.8) is 0 Å². The molecular formula is C19H21N3O4S. The van der Waals surface area contributed by atoms with Gasteiger partial charge in [-0.25, -0.2) is 8.42 Å². The molecule has 1 saturated heterocycles. The number of amides is 1. The molecule has 1 amide bonds. The van der Waals surface area contributed by atoms with Gasteiger partial charge in [0.1, 0.15) is 10.6 Å². The number of hydrogen-bond acceptors (Lipinski definition) is 5. The maximum atomic E-state index is 13.1. The Balaban J connectivity index is 1.65. The summed E-state index contributed by atoms with van der Waals surface area (Å²) in [4.78, 5) is 18.9. The van der Waals surface area contributed by atoms with Crippen LogP contribution in [0, 0.1) is 0 Å². The maximum absolute atomic E-state index is 13.1. The van der Waals surface area contributed by atoms with E-state index >= 15 is 0 Å². The molecule has 0 aliphatic carbocycles. The summed E-state index contributed by atoms with van der Waals surface area (Å²) in [5.74, 6) is 0.394. The summed E-state index contributed by atoms with van der Waals surface area (Å²) in [5.41, 5.74) is 0.719. The van der Waals surface area contributed by atoms with E-state index in [-0.39, 0.29) is 16.8 Å². The molecule has 2 aliphatic heterocycles. The smallest absolute Gasteiger partial charge is 0.263 e. The molecule has 1 unspecified atom stereocenters. The van der Waals surface area contributed by atoms with Gasteiger partial charge in [0.25, 0.3) is 15.9 Å². The molecule has 1 N–H and O–H groups in total. The standard InChI is InChI=1S/C19H21N3O4S/c23-19-17-12-14(21-27(24,25)16-5-3-9-20-13-16)6-7-18(17)26-11-8-15-4-1-2-10-22(15)19/h3,5-7,9,12-13,15,21H,1-2,4,8,10-11H2. The van der Waals surface area contributed by atoms with Crippen LogP contribution < -0.4 is 9.46 Å². The molecule has 4 rings (SSSR count). The number of hydrogen-bond donors (Lipinski definition) is 1. The number of rotatable bonds is 3. The van der Waals surface area contributed by atoms with E-state index in [4.69, 9.17) is 4.74 Å². The highest BCUT2D eigenvalue weighted by Gasteiger charge is 2.31. The normalized spacial score (nSPS) is 19.9. The van der Waals surface area contributed by atoms with E-state index in [9.17, 15) is 13.2 Å². The van der Waals surface area contributed by atoms with E-state index in [2.05, 4.69) is 9.71 Å². The number of fused-ring (bicyclic) bond motifs is 2. The van der Waals surface area contributed by atoms with Gasteiger partial charge < -0.3 is 9.64 Å². The Morgan fingerprint density at radius 2 is 2.07 bits per heavy atom. The Morgan fingerprint density at radius 3 is 2.89 bits per heavy atom. The van der Waals surface area contributed by atoms with E-state index in [0.717, 1.165) is 32.2 Å². The molecule has 8 heteroatoms. The highest BCUT2D eigenvalue weighted by molar-refractivity contribution is 7.92. The van der Waals surface area contributed by atoms with E-state index in [1.54, 1.807) is 24.3 Å². The fourth-order valence-corrected chi connectivity index (χ4v) is 4.65. The molecule has 142 valence electrons. The summed E-state index contributed by atoms with van der Waals surface area (Å²) in [5, 5.41) is 0. The molecule has 7 nitrogen and oxygen atoms in total. The maximum Gasteiger partial charge on any atom is 0.263 e. The lowest BCUT2D eigenvalue weighted by Crippen LogP contribution is -2.45. The van der Waals surface area contributed by atoms with Crippen LogP contribution in [0.3, 0.4) is 0 Å². The van der Waals surface area contributed by atoms with Crippen molar-refractivity contribution in [3.05, 3.63) is 48.3 Å². The Labute approximate surface area is 158 Å². The zero-order chi connectivity index (χ0) is 18.9. The minimum Gasteiger partial charge on any atom is -0.493 e. The van der Waals surface area contributed by atoms with Crippen LogP contribution in [-0.2, 0) is 10.0 Å². The summed E-state index contributed by atoms with van der Waals surface area (Å²) >= 11 is 0. The molecule has 0 radical (unpaired) electrons. The first-order valence-electron chi connectivity index (χ1n) is 9.05. The average molecular weight is 387 g/mol. The number of carbonyl (C=O) groups excluding carboxylic acids is 1. The Kier molecular flexibility index (Phi) is 4.73. The van der Waals surface area contributed by atoms with Crippen molar-refractivity contribution in [1.29, 1.82) is 0 Å². The zero-order valence-corrected chi connectivity index (χ0v) is 15.6. The van der Waals surface area contributed by atoms with E-state index < -0.39 is 10.0 Å². The summed E-state index contributed by atoms with van der Waals surface area (Å²) in [7, 11) is -3.78. The highest BCUT2D eigenvalue weighted by atomic mass is 32.2. The van der Waals surface area contributed by atoms with Crippen LogP contribution >= 0.6 is 0 Å². The van der Waals surface area contributed by atoms with Crippen LogP contribution in [0.5, 0.6) is 5.75 Å². The van der Waals surface area contributed by atoms with Gasteiger partial charge in [0, 0.05) is 37.1 Å². The molecule has 2 aliphatic rings. The van der Waals surface area contributed by atoms with Gasteiger partial charge in [-0.2, -0.15) is 0 Å². The second kappa shape index (κ2) is 7.19. The number of nitrogens with one attached hydrogen (secondary N) is 1. The van der Waals surface area contributed by atoms with Gasteiger partial charge in [-0.3, -0.25) is 14.5 Å². The Bertz CT molecular complexity index is 947. The lowest BCUT2D eigenvalue weighted by atomic mass is 9.97. The minimum absolute atomic E-state index is 0.0652. The zero-order valence-electron chi connectivity index (χ0n) is 14.8. The Hall–Kier alpha value is -2.61. The molecular weight excluding hydrogens is 366 g/mol. The van der Waals surface area contributed by atoms with Crippen LogP contribution in [0.4, 0.5) is 5.69 Å². The SMILES string of the molecule is O=C1c2cc(NS(=O)(=O)c3cccnc3)ccc2OCCC2CCCCN12. The van der Waals surface area contributed by atoms with Gasteiger partial charge in [-0.15, -0.1) is 0 Å². The first kappa shape index (κ1) is 17.8. The third kappa shape index (κ3) is 3.62. The Morgan fingerprint density at radius 1 is 1.19 bits per heavy atom. The van der Waals surface area contributed by atoms with Gasteiger partial charge in [-0.05, 0) is 49.6 Å². The van der Waals surface area contributed by atoms with Crippen molar-refractivity contribution in [3.8, 4) is 5.75 Å². The minimum atomic E-state index is -3.78. The number of carbonyl (C=O) groups is 1. The second-order valence-corrected chi connectivity index (χ2v) is 8.47. The van der Waals surface area contributed by atoms with Gasteiger partial charge >= 0.3 is 0 Å². The predicted octanol–water partition coefficient (Wildman–Crippen LogP) is 2.66. The second-order valence-electron chi connectivity index (χ2n) is 6.79. The molecule has 2 aromatic rings. The molecule has 1 aromatic carbocycles. The number of nitrogens with zero attached hydrogens (tertiary/aromatic N) is 2. The first-order valence-corrected chi connectivity index (χ1v) is 10.5. The van der Waals surface area contributed by atoms with Gasteiger partial charge in [0.2, 0.25) is 0 Å². The monoisotopic (exact) mass is 387 g/mol. The predicted molar refractivity (Wildman–Crippen MR) is 100 cm³/mol.